The summed E-state index contributed by atoms with van der Waals surface area (Å²) >= 11 is 0. The highest BCUT2D eigenvalue weighted by Crippen LogP contribution is 2.18. The second-order valence-electron chi connectivity index (χ2n) is 4.13. The summed E-state index contributed by atoms with van der Waals surface area (Å²) in [5, 5.41) is 6.06. The van der Waals surface area contributed by atoms with Crippen LogP contribution in [-0.4, -0.2) is 23.5 Å². The Hall–Kier alpha value is -1.78. The number of carbonyl (C=O) groups excluding carboxylic acids is 1. The Balaban J connectivity index is 2.01. The lowest BCUT2D eigenvalue weighted by Gasteiger charge is -2.24. The zero-order valence-electron chi connectivity index (χ0n) is 9.29. The molecule has 0 bridgehead atoms. The van der Waals surface area contributed by atoms with Crippen molar-refractivity contribution in [2.45, 2.75) is 25.8 Å². The summed E-state index contributed by atoms with van der Waals surface area (Å²) in [6.45, 7) is 2.59. The Labute approximate surface area is 94.4 Å². The zero-order chi connectivity index (χ0) is 11.5. The number of anilines is 2. The van der Waals surface area contributed by atoms with E-state index in [0.29, 0.717) is 24.5 Å². The largest absolute Gasteiger partial charge is 0.396 e. The quantitative estimate of drug-likeness (QED) is 0.684. The number of piperidine rings is 1. The van der Waals surface area contributed by atoms with Crippen LogP contribution < -0.4 is 16.4 Å². The van der Waals surface area contributed by atoms with Gasteiger partial charge in [-0.25, -0.2) is 4.98 Å². The molecule has 5 nitrogen and oxygen atoms in total. The second-order valence-corrected chi connectivity index (χ2v) is 4.13. The van der Waals surface area contributed by atoms with E-state index in [1.54, 1.807) is 6.20 Å². The van der Waals surface area contributed by atoms with Crippen molar-refractivity contribution in [2.75, 3.05) is 17.6 Å². The summed E-state index contributed by atoms with van der Waals surface area (Å²) in [5.41, 5.74) is 7.55. The van der Waals surface area contributed by atoms with Crippen LogP contribution in [0, 0.1) is 6.92 Å². The summed E-state index contributed by atoms with van der Waals surface area (Å²) in [7, 11) is 0. The van der Waals surface area contributed by atoms with Gasteiger partial charge in [0, 0.05) is 25.2 Å². The van der Waals surface area contributed by atoms with Crippen LogP contribution in [-0.2, 0) is 4.79 Å². The molecule has 86 valence electrons. The highest BCUT2D eigenvalue weighted by Gasteiger charge is 2.18. The minimum absolute atomic E-state index is 0.114. The van der Waals surface area contributed by atoms with Crippen LogP contribution in [0.4, 0.5) is 11.5 Å². The summed E-state index contributed by atoms with van der Waals surface area (Å²) in [5.74, 6) is 0.814. The van der Waals surface area contributed by atoms with Gasteiger partial charge in [-0.15, -0.1) is 0 Å². The molecular formula is C11H16N4O. The molecule has 1 aromatic rings. The lowest BCUT2D eigenvalue weighted by molar-refractivity contribution is -0.122. The molecule has 2 rings (SSSR count). The maximum atomic E-state index is 11.0. The summed E-state index contributed by atoms with van der Waals surface area (Å²) in [6.07, 6.45) is 3.16. The molecule has 1 amide bonds. The monoisotopic (exact) mass is 220 g/mol. The molecule has 1 saturated heterocycles. The number of nitrogens with one attached hydrogen (secondary N) is 2. The van der Waals surface area contributed by atoms with Gasteiger partial charge in [-0.05, 0) is 25.0 Å². The van der Waals surface area contributed by atoms with Gasteiger partial charge in [0.15, 0.2) is 0 Å². The van der Waals surface area contributed by atoms with Gasteiger partial charge in [-0.2, -0.15) is 0 Å². The number of nitrogens with two attached hydrogens (primary N) is 1. The zero-order valence-corrected chi connectivity index (χ0v) is 9.29. The Morgan fingerprint density at radius 3 is 3.06 bits per heavy atom. The Bertz CT molecular complexity index is 395. The molecule has 0 aliphatic carbocycles. The first-order chi connectivity index (χ1) is 7.65. The molecule has 1 aromatic heterocycles. The lowest BCUT2D eigenvalue weighted by Crippen LogP contribution is -2.42. The van der Waals surface area contributed by atoms with E-state index in [2.05, 4.69) is 15.6 Å². The fraction of sp³-hybridized carbons (Fsp3) is 0.455. The molecular weight excluding hydrogens is 204 g/mol. The van der Waals surface area contributed by atoms with Crippen molar-refractivity contribution in [3.8, 4) is 0 Å². The smallest absolute Gasteiger partial charge is 0.220 e. The summed E-state index contributed by atoms with van der Waals surface area (Å²) in [4.78, 5) is 15.2. The average molecular weight is 220 g/mol. The van der Waals surface area contributed by atoms with Crippen LogP contribution in [0.15, 0.2) is 12.3 Å². The minimum atomic E-state index is 0.114. The predicted octanol–water partition coefficient (Wildman–Crippen LogP) is 0.663. The van der Waals surface area contributed by atoms with Crippen molar-refractivity contribution < 1.29 is 4.79 Å². The van der Waals surface area contributed by atoms with Gasteiger partial charge in [0.2, 0.25) is 5.91 Å². The first-order valence-corrected chi connectivity index (χ1v) is 5.40. The first kappa shape index (κ1) is 10.7. The van der Waals surface area contributed by atoms with Crippen LogP contribution >= 0.6 is 0 Å². The number of rotatable bonds is 2. The summed E-state index contributed by atoms with van der Waals surface area (Å²) in [6, 6.07) is 2.10. The van der Waals surface area contributed by atoms with E-state index in [4.69, 9.17) is 5.73 Å². The number of pyridine rings is 1. The van der Waals surface area contributed by atoms with E-state index in [1.165, 1.54) is 0 Å². The average Bonchev–Trinajstić information content (AvgIpc) is 2.25. The number of amides is 1. The van der Waals surface area contributed by atoms with Gasteiger partial charge in [0.05, 0.1) is 5.69 Å². The molecule has 4 N–H and O–H groups in total. The third kappa shape index (κ3) is 2.42. The third-order valence-electron chi connectivity index (χ3n) is 2.66. The number of carbonyl (C=O) groups is 1. The van der Waals surface area contributed by atoms with Crippen LogP contribution in [0.2, 0.25) is 0 Å². The second kappa shape index (κ2) is 4.38. The van der Waals surface area contributed by atoms with E-state index in [9.17, 15) is 4.79 Å². The molecule has 0 saturated carbocycles. The number of aryl methyl sites for hydroxylation is 1. The first-order valence-electron chi connectivity index (χ1n) is 5.40. The van der Waals surface area contributed by atoms with Crippen molar-refractivity contribution in [3.05, 3.63) is 17.8 Å². The van der Waals surface area contributed by atoms with E-state index in [-0.39, 0.29) is 11.9 Å². The fourth-order valence-electron chi connectivity index (χ4n) is 1.76. The predicted molar refractivity (Wildman–Crippen MR) is 63.0 cm³/mol. The highest BCUT2D eigenvalue weighted by molar-refractivity contribution is 5.77. The van der Waals surface area contributed by atoms with E-state index < -0.39 is 0 Å². The molecule has 5 heteroatoms. The van der Waals surface area contributed by atoms with Gasteiger partial charge in [-0.1, -0.05) is 0 Å². The number of hydrogen-bond acceptors (Lipinski definition) is 4. The lowest BCUT2D eigenvalue weighted by atomic mass is 10.1. The standard InChI is InChI=1S/C11H16N4O/c1-7-4-9(12)11(14-5-7)15-8-2-3-10(16)13-6-8/h4-5,8H,2-3,6,12H2,1H3,(H,13,16)(H,14,15). The molecule has 1 fully saturated rings. The topological polar surface area (TPSA) is 80.0 Å². The summed E-state index contributed by atoms with van der Waals surface area (Å²) < 4.78 is 0. The van der Waals surface area contributed by atoms with Gasteiger partial charge in [-0.3, -0.25) is 4.79 Å². The molecule has 0 aromatic carbocycles. The van der Waals surface area contributed by atoms with E-state index >= 15 is 0 Å². The fourth-order valence-corrected chi connectivity index (χ4v) is 1.76. The normalized spacial score (nSPS) is 20.3. The minimum Gasteiger partial charge on any atom is -0.396 e. The van der Waals surface area contributed by atoms with Gasteiger partial charge in [0.1, 0.15) is 5.82 Å². The number of hydrogen-bond donors (Lipinski definition) is 3. The van der Waals surface area contributed by atoms with E-state index in [1.807, 2.05) is 13.0 Å². The number of nitrogens with zero attached hydrogens (tertiary/aromatic N) is 1. The van der Waals surface area contributed by atoms with Gasteiger partial charge in [0.25, 0.3) is 0 Å². The van der Waals surface area contributed by atoms with Crippen LogP contribution in [0.3, 0.4) is 0 Å². The Kier molecular flexibility index (Phi) is 2.94. The van der Waals surface area contributed by atoms with Gasteiger partial charge >= 0.3 is 0 Å². The molecule has 1 aliphatic heterocycles. The molecule has 16 heavy (non-hydrogen) atoms. The molecule has 2 heterocycles. The van der Waals surface area contributed by atoms with Crippen LogP contribution in [0.1, 0.15) is 18.4 Å². The van der Waals surface area contributed by atoms with Crippen molar-refractivity contribution in [1.29, 1.82) is 0 Å². The number of aromatic nitrogens is 1. The maximum Gasteiger partial charge on any atom is 0.220 e. The van der Waals surface area contributed by atoms with Crippen LogP contribution in [0.5, 0.6) is 0 Å². The van der Waals surface area contributed by atoms with Crippen molar-refractivity contribution in [2.24, 2.45) is 0 Å². The van der Waals surface area contributed by atoms with Gasteiger partial charge < -0.3 is 16.4 Å². The molecule has 1 aliphatic rings. The van der Waals surface area contributed by atoms with Crippen molar-refractivity contribution in [3.63, 3.8) is 0 Å². The molecule has 0 spiro atoms. The molecule has 1 unspecified atom stereocenters. The highest BCUT2D eigenvalue weighted by atomic mass is 16.1. The van der Waals surface area contributed by atoms with Crippen molar-refractivity contribution >= 4 is 17.4 Å². The molecule has 0 radical (unpaired) electrons. The van der Waals surface area contributed by atoms with E-state index in [0.717, 1.165) is 12.0 Å². The van der Waals surface area contributed by atoms with Crippen LogP contribution in [0.25, 0.3) is 0 Å². The Morgan fingerprint density at radius 2 is 2.44 bits per heavy atom. The SMILES string of the molecule is Cc1cnc(NC2CCC(=O)NC2)c(N)c1. The third-order valence-corrected chi connectivity index (χ3v) is 2.66. The number of nitrogen functional groups attached to an aromatic ring is 1. The Morgan fingerprint density at radius 1 is 1.62 bits per heavy atom. The molecule has 1 atom stereocenters. The van der Waals surface area contributed by atoms with Crippen molar-refractivity contribution in [1.82, 2.24) is 10.3 Å². The maximum absolute atomic E-state index is 11.0.